The van der Waals surface area contributed by atoms with Crippen LogP contribution in [0.25, 0.3) is 0 Å². The van der Waals surface area contributed by atoms with Crippen molar-refractivity contribution in [2.75, 3.05) is 11.4 Å². The summed E-state index contributed by atoms with van der Waals surface area (Å²) in [5.41, 5.74) is -0.177. The average Bonchev–Trinajstić information content (AvgIpc) is 2.63. The van der Waals surface area contributed by atoms with Gasteiger partial charge >= 0.3 is 6.03 Å². The molecule has 2 heterocycles. The lowest BCUT2D eigenvalue weighted by molar-refractivity contribution is -0.120. The average molecular weight is 280 g/mol. The Morgan fingerprint density at radius 2 is 2.00 bits per heavy atom. The molecule has 2 saturated heterocycles. The highest BCUT2D eigenvalue weighted by Crippen LogP contribution is 2.33. The van der Waals surface area contributed by atoms with E-state index in [4.69, 9.17) is 0 Å². The van der Waals surface area contributed by atoms with Gasteiger partial charge in [-0.3, -0.25) is 4.79 Å². The van der Waals surface area contributed by atoms with Crippen LogP contribution in [0.2, 0.25) is 0 Å². The van der Waals surface area contributed by atoms with E-state index >= 15 is 0 Å². The van der Waals surface area contributed by atoms with Gasteiger partial charge in [0.15, 0.2) is 0 Å². The Hall–Kier alpha value is -1.98. The number of carbonyl (C=O) groups is 2. The summed E-state index contributed by atoms with van der Waals surface area (Å²) in [4.78, 5) is 26.9. The Bertz CT molecular complexity index is 591. The molecule has 0 bridgehead atoms. The molecule has 1 aromatic carbocycles. The molecule has 2 aliphatic rings. The van der Waals surface area contributed by atoms with Gasteiger partial charge in [0.2, 0.25) is 0 Å². The van der Waals surface area contributed by atoms with Gasteiger partial charge < -0.3 is 4.90 Å². The summed E-state index contributed by atoms with van der Waals surface area (Å²) in [6.45, 7) is 2.52. The number of carbonyl (C=O) groups excluding carboxylic acids is 2. The molecule has 1 aromatic rings. The predicted octanol–water partition coefficient (Wildman–Crippen LogP) is 2.53. The fraction of sp³-hybridized carbons (Fsp3) is 0.429. The largest absolute Gasteiger partial charge is 0.332 e. The first-order valence-electron chi connectivity index (χ1n) is 6.58. The van der Waals surface area contributed by atoms with E-state index in [-0.39, 0.29) is 5.69 Å². The van der Waals surface area contributed by atoms with Gasteiger partial charge in [-0.1, -0.05) is 6.92 Å². The third-order valence-electron chi connectivity index (χ3n) is 3.96. The standard InChI is InChI=1S/C14H14F2N2O2/c1-8-4-5-17-12(6-8)13(19)18(14(17)20)11-3-2-9(15)7-10(11)16/h2-3,7-8,12H,4-6H2,1H3. The predicted molar refractivity (Wildman–Crippen MR) is 68.1 cm³/mol. The van der Waals surface area contributed by atoms with Crippen molar-refractivity contribution in [1.29, 1.82) is 0 Å². The van der Waals surface area contributed by atoms with E-state index in [1.54, 1.807) is 0 Å². The minimum absolute atomic E-state index is 0.177. The monoisotopic (exact) mass is 280 g/mol. The van der Waals surface area contributed by atoms with Gasteiger partial charge in [-0.15, -0.1) is 0 Å². The number of urea groups is 1. The first kappa shape index (κ1) is 13.0. The number of piperidine rings is 1. The molecule has 0 radical (unpaired) electrons. The highest BCUT2D eigenvalue weighted by Gasteiger charge is 2.48. The maximum atomic E-state index is 13.8. The Morgan fingerprint density at radius 1 is 1.25 bits per heavy atom. The second-order valence-corrected chi connectivity index (χ2v) is 5.39. The van der Waals surface area contributed by atoms with Crippen LogP contribution in [0.1, 0.15) is 19.8 Å². The lowest BCUT2D eigenvalue weighted by Gasteiger charge is -2.30. The maximum Gasteiger partial charge on any atom is 0.332 e. The molecule has 6 heteroatoms. The summed E-state index contributed by atoms with van der Waals surface area (Å²) < 4.78 is 26.7. The van der Waals surface area contributed by atoms with Crippen molar-refractivity contribution in [3.8, 4) is 0 Å². The van der Waals surface area contributed by atoms with Crippen LogP contribution in [0.15, 0.2) is 18.2 Å². The summed E-state index contributed by atoms with van der Waals surface area (Å²) in [6.07, 6.45) is 1.42. The highest BCUT2D eigenvalue weighted by molar-refractivity contribution is 6.21. The van der Waals surface area contributed by atoms with Crippen LogP contribution < -0.4 is 4.90 Å². The van der Waals surface area contributed by atoms with Gasteiger partial charge in [0, 0.05) is 12.6 Å². The number of fused-ring (bicyclic) bond motifs is 1. The number of halogens is 2. The molecule has 0 spiro atoms. The van der Waals surface area contributed by atoms with Crippen LogP contribution in [-0.2, 0) is 4.79 Å². The molecular weight excluding hydrogens is 266 g/mol. The Labute approximate surface area is 115 Å². The zero-order valence-electron chi connectivity index (χ0n) is 11.0. The van der Waals surface area contributed by atoms with E-state index in [1.165, 1.54) is 4.90 Å². The minimum atomic E-state index is -0.903. The molecule has 20 heavy (non-hydrogen) atoms. The van der Waals surface area contributed by atoms with Gasteiger partial charge in [-0.05, 0) is 30.9 Å². The summed E-state index contributed by atoms with van der Waals surface area (Å²) in [7, 11) is 0. The molecule has 0 N–H and O–H groups in total. The van der Waals surface area contributed by atoms with Crippen molar-refractivity contribution in [3.05, 3.63) is 29.8 Å². The molecule has 3 amide bonds. The molecule has 2 atom stereocenters. The van der Waals surface area contributed by atoms with Crippen LogP contribution in [0, 0.1) is 17.6 Å². The van der Waals surface area contributed by atoms with E-state index < -0.39 is 29.6 Å². The van der Waals surface area contributed by atoms with Crippen LogP contribution in [0.4, 0.5) is 19.3 Å². The molecule has 4 nitrogen and oxygen atoms in total. The zero-order chi connectivity index (χ0) is 14.4. The van der Waals surface area contributed by atoms with Crippen LogP contribution in [0.3, 0.4) is 0 Å². The second-order valence-electron chi connectivity index (χ2n) is 5.39. The summed E-state index contributed by atoms with van der Waals surface area (Å²) in [5, 5.41) is 0. The normalized spacial score (nSPS) is 26.1. The fourth-order valence-corrected chi connectivity index (χ4v) is 2.86. The number of benzene rings is 1. The number of anilines is 1. The van der Waals surface area contributed by atoms with E-state index in [9.17, 15) is 18.4 Å². The van der Waals surface area contributed by atoms with E-state index in [1.807, 2.05) is 6.92 Å². The fourth-order valence-electron chi connectivity index (χ4n) is 2.86. The first-order valence-corrected chi connectivity index (χ1v) is 6.58. The quantitative estimate of drug-likeness (QED) is 0.742. The van der Waals surface area contributed by atoms with Crippen molar-refractivity contribution in [2.45, 2.75) is 25.8 Å². The van der Waals surface area contributed by atoms with Gasteiger partial charge in [0.05, 0.1) is 5.69 Å². The number of amides is 3. The molecule has 0 saturated carbocycles. The van der Waals surface area contributed by atoms with Gasteiger partial charge in [-0.25, -0.2) is 18.5 Å². The Kier molecular flexibility index (Phi) is 2.96. The number of rotatable bonds is 1. The van der Waals surface area contributed by atoms with Gasteiger partial charge in [-0.2, -0.15) is 0 Å². The number of nitrogens with zero attached hydrogens (tertiary/aromatic N) is 2. The molecule has 0 aromatic heterocycles. The number of hydrogen-bond acceptors (Lipinski definition) is 2. The summed E-state index contributed by atoms with van der Waals surface area (Å²) >= 11 is 0. The minimum Gasteiger partial charge on any atom is -0.312 e. The SMILES string of the molecule is CC1CCN2C(=O)N(c3ccc(F)cc3F)C(=O)C2C1. The highest BCUT2D eigenvalue weighted by atomic mass is 19.1. The van der Waals surface area contributed by atoms with Gasteiger partial charge in [0.1, 0.15) is 17.7 Å². The molecule has 3 rings (SSSR count). The lowest BCUT2D eigenvalue weighted by Crippen LogP contribution is -2.41. The molecule has 0 aliphatic carbocycles. The molecule has 106 valence electrons. The van der Waals surface area contributed by atoms with E-state index in [2.05, 4.69) is 0 Å². The van der Waals surface area contributed by atoms with Crippen LogP contribution >= 0.6 is 0 Å². The van der Waals surface area contributed by atoms with E-state index in [0.717, 1.165) is 23.5 Å². The topological polar surface area (TPSA) is 40.6 Å². The van der Waals surface area contributed by atoms with Crippen molar-refractivity contribution in [3.63, 3.8) is 0 Å². The van der Waals surface area contributed by atoms with Crippen LogP contribution in [-0.4, -0.2) is 29.4 Å². The number of imide groups is 1. The molecule has 2 aliphatic heterocycles. The maximum absolute atomic E-state index is 13.8. The third kappa shape index (κ3) is 1.87. The van der Waals surface area contributed by atoms with Crippen molar-refractivity contribution < 1.29 is 18.4 Å². The van der Waals surface area contributed by atoms with Crippen molar-refractivity contribution in [2.24, 2.45) is 5.92 Å². The molecule has 2 fully saturated rings. The van der Waals surface area contributed by atoms with Crippen molar-refractivity contribution >= 4 is 17.6 Å². The lowest BCUT2D eigenvalue weighted by atomic mass is 9.93. The summed E-state index contributed by atoms with van der Waals surface area (Å²) in [5.74, 6) is -1.71. The Morgan fingerprint density at radius 3 is 2.70 bits per heavy atom. The zero-order valence-corrected chi connectivity index (χ0v) is 11.0. The van der Waals surface area contributed by atoms with Gasteiger partial charge in [0.25, 0.3) is 5.91 Å². The smallest absolute Gasteiger partial charge is 0.312 e. The number of hydrogen-bond donors (Lipinski definition) is 0. The molecular formula is C14H14F2N2O2. The third-order valence-corrected chi connectivity index (χ3v) is 3.96. The van der Waals surface area contributed by atoms with Crippen molar-refractivity contribution in [1.82, 2.24) is 4.90 Å². The van der Waals surface area contributed by atoms with E-state index in [0.29, 0.717) is 24.9 Å². The second kappa shape index (κ2) is 4.54. The first-order chi connectivity index (χ1) is 9.49. The Balaban J connectivity index is 1.98. The molecule has 2 unspecified atom stereocenters. The summed E-state index contributed by atoms with van der Waals surface area (Å²) in [6, 6.07) is 1.81. The van der Waals surface area contributed by atoms with Crippen LogP contribution in [0.5, 0.6) is 0 Å².